The number of benzene rings is 1. The van der Waals surface area contributed by atoms with Crippen LogP contribution >= 0.6 is 23.1 Å². The van der Waals surface area contributed by atoms with Gasteiger partial charge in [-0.05, 0) is 80.8 Å². The van der Waals surface area contributed by atoms with Gasteiger partial charge in [0.15, 0.2) is 0 Å². The summed E-state index contributed by atoms with van der Waals surface area (Å²) in [6.45, 7) is 10.2. The number of methoxy groups -OCH3 is 1. The van der Waals surface area contributed by atoms with Crippen LogP contribution in [0.15, 0.2) is 58.5 Å². The number of likely N-dealkylation sites (tertiary alicyclic amines) is 1. The molecule has 13 heteroatoms. The SMILES string of the molecule is COc1cc(N2CCC(N3CC(N(C)C)C3)CC2)c(C)cc1Nc1ncc(Br)c(NC2=C(P(C)(C)=O)C3NC=CN3C=C2)n1. The summed E-state index contributed by atoms with van der Waals surface area (Å²) in [6, 6.07) is 5.60. The Balaban J connectivity index is 1.17. The largest absolute Gasteiger partial charge is 0.494 e. The predicted molar refractivity (Wildman–Crippen MR) is 182 cm³/mol. The zero-order chi connectivity index (χ0) is 31.2. The number of nitrogens with zero attached hydrogens (tertiary/aromatic N) is 6. The highest BCUT2D eigenvalue weighted by molar-refractivity contribution is 9.10. The quantitative estimate of drug-likeness (QED) is 0.312. The van der Waals surface area contributed by atoms with Crippen LogP contribution in [-0.2, 0) is 4.57 Å². The number of likely N-dealkylation sites (N-methyl/N-ethyl adjacent to an activating group) is 1. The van der Waals surface area contributed by atoms with Gasteiger partial charge in [0.05, 0.1) is 28.3 Å². The van der Waals surface area contributed by atoms with Gasteiger partial charge in [0.1, 0.15) is 24.9 Å². The minimum absolute atomic E-state index is 0.191. The lowest BCUT2D eigenvalue weighted by Gasteiger charge is -2.49. The van der Waals surface area contributed by atoms with Gasteiger partial charge >= 0.3 is 0 Å². The number of halogens is 1. The Kier molecular flexibility index (Phi) is 8.71. The molecule has 1 unspecified atom stereocenters. The molecule has 0 bridgehead atoms. The van der Waals surface area contributed by atoms with Crippen molar-refractivity contribution < 1.29 is 9.30 Å². The van der Waals surface area contributed by atoms with E-state index in [4.69, 9.17) is 9.72 Å². The van der Waals surface area contributed by atoms with Gasteiger partial charge in [-0.15, -0.1) is 0 Å². The highest BCUT2D eigenvalue weighted by Crippen LogP contribution is 2.52. The van der Waals surface area contributed by atoms with E-state index in [1.807, 2.05) is 29.6 Å². The lowest BCUT2D eigenvalue weighted by atomic mass is 9.96. The van der Waals surface area contributed by atoms with Crippen LogP contribution < -0.4 is 25.6 Å². The molecule has 44 heavy (non-hydrogen) atoms. The first-order chi connectivity index (χ1) is 21.0. The van der Waals surface area contributed by atoms with Gasteiger partial charge in [-0.3, -0.25) is 4.90 Å². The second-order valence-corrected chi connectivity index (χ2v) is 16.6. The van der Waals surface area contributed by atoms with Gasteiger partial charge in [0.2, 0.25) is 5.95 Å². The fraction of sp³-hybridized carbons (Fsp3) is 0.484. The molecule has 0 amide bonds. The number of hydrogen-bond acceptors (Lipinski definition) is 11. The summed E-state index contributed by atoms with van der Waals surface area (Å²) in [5.74, 6) is 1.73. The standard InChI is InChI=1S/C31H43BrN9O2P/c1-20-15-25(27(43-4)16-26(20)39-11-7-21(8-12-39)41-18-22(19-41)38(2)3)36-31-34-17-23(32)29(37-31)35-24-9-13-40-14-10-33-30(40)28(24)44(5,6)42/h9-10,13-17,21-22,30,33H,7-8,11-12,18-19H2,1-6H3,(H2,34,35,36,37). The van der Waals surface area contributed by atoms with Crippen molar-refractivity contribution in [3.8, 4) is 5.75 Å². The summed E-state index contributed by atoms with van der Waals surface area (Å²) in [5, 5.41) is 10.9. The van der Waals surface area contributed by atoms with Gasteiger partial charge < -0.3 is 40.0 Å². The zero-order valence-electron chi connectivity index (χ0n) is 26.3. The van der Waals surface area contributed by atoms with Gasteiger partial charge in [-0.25, -0.2) is 4.98 Å². The van der Waals surface area contributed by atoms with Crippen LogP contribution in [0.3, 0.4) is 0 Å². The van der Waals surface area contributed by atoms with E-state index in [2.05, 4.69) is 84.7 Å². The number of anilines is 4. The lowest BCUT2D eigenvalue weighted by Crippen LogP contribution is -2.62. The minimum atomic E-state index is -2.61. The highest BCUT2D eigenvalue weighted by Gasteiger charge is 2.36. The van der Waals surface area contributed by atoms with Gasteiger partial charge in [0.25, 0.3) is 0 Å². The summed E-state index contributed by atoms with van der Waals surface area (Å²) in [4.78, 5) is 18.8. The molecule has 0 spiro atoms. The van der Waals surface area contributed by atoms with Crippen LogP contribution in [0.5, 0.6) is 5.75 Å². The molecule has 2 saturated heterocycles. The molecule has 4 aliphatic heterocycles. The Morgan fingerprint density at radius 2 is 1.89 bits per heavy atom. The van der Waals surface area contributed by atoms with Crippen molar-refractivity contribution >= 4 is 46.2 Å². The molecule has 11 nitrogen and oxygen atoms in total. The Labute approximate surface area is 268 Å². The maximum Gasteiger partial charge on any atom is 0.229 e. The van der Waals surface area contributed by atoms with Crippen molar-refractivity contribution in [3.05, 3.63) is 64.1 Å². The van der Waals surface area contributed by atoms with Crippen molar-refractivity contribution in [2.24, 2.45) is 0 Å². The normalized spacial score (nSPS) is 21.0. The molecule has 236 valence electrons. The molecule has 4 aliphatic rings. The number of aromatic nitrogens is 2. The smallest absolute Gasteiger partial charge is 0.229 e. The number of rotatable bonds is 9. The number of allylic oxidation sites excluding steroid dienone is 1. The molecule has 0 radical (unpaired) electrons. The van der Waals surface area contributed by atoms with E-state index < -0.39 is 7.14 Å². The van der Waals surface area contributed by atoms with E-state index in [-0.39, 0.29) is 6.17 Å². The van der Waals surface area contributed by atoms with Crippen LogP contribution in [0.1, 0.15) is 18.4 Å². The number of piperidine rings is 1. The number of aryl methyl sites for hydroxylation is 1. The number of ether oxygens (including phenoxy) is 1. The molecule has 1 aromatic carbocycles. The first-order valence-corrected chi connectivity index (χ1v) is 18.5. The molecule has 5 heterocycles. The molecule has 3 N–H and O–H groups in total. The van der Waals surface area contributed by atoms with Gasteiger partial charge in [-0.1, -0.05) is 0 Å². The number of nitrogens with one attached hydrogen (secondary N) is 3. The maximum atomic E-state index is 13.3. The summed E-state index contributed by atoms with van der Waals surface area (Å²) >= 11 is 3.59. The highest BCUT2D eigenvalue weighted by atomic mass is 79.9. The summed E-state index contributed by atoms with van der Waals surface area (Å²) in [5.41, 5.74) is 3.93. The molecule has 6 rings (SSSR count). The van der Waals surface area contributed by atoms with Crippen LogP contribution in [0, 0.1) is 6.92 Å². The molecule has 2 aromatic rings. The molecule has 1 aromatic heterocycles. The van der Waals surface area contributed by atoms with Gasteiger partial charge in [0, 0.05) is 74.8 Å². The third-order valence-electron chi connectivity index (χ3n) is 9.03. The first kappa shape index (κ1) is 31.0. The fourth-order valence-electron chi connectivity index (χ4n) is 6.46. The second kappa shape index (κ2) is 12.4. The van der Waals surface area contributed by atoms with E-state index in [9.17, 15) is 4.57 Å². The van der Waals surface area contributed by atoms with Crippen molar-refractivity contribution in [1.82, 2.24) is 30.0 Å². The van der Waals surface area contributed by atoms with E-state index >= 15 is 0 Å². The average Bonchev–Trinajstić information content (AvgIpc) is 3.42. The van der Waals surface area contributed by atoms with Crippen LogP contribution in [0.2, 0.25) is 0 Å². The zero-order valence-corrected chi connectivity index (χ0v) is 28.8. The molecule has 2 fully saturated rings. The predicted octanol–water partition coefficient (Wildman–Crippen LogP) is 4.99. The summed E-state index contributed by atoms with van der Waals surface area (Å²) < 4.78 is 19.9. The van der Waals surface area contributed by atoms with Crippen molar-refractivity contribution in [2.45, 2.75) is 38.0 Å². The van der Waals surface area contributed by atoms with Crippen molar-refractivity contribution in [3.63, 3.8) is 0 Å². The minimum Gasteiger partial charge on any atom is -0.494 e. The topological polar surface area (TPSA) is 101 Å². The molecule has 0 saturated carbocycles. The monoisotopic (exact) mass is 683 g/mol. The Morgan fingerprint density at radius 1 is 1.14 bits per heavy atom. The maximum absolute atomic E-state index is 13.3. The van der Waals surface area contributed by atoms with E-state index in [0.717, 1.165) is 35.5 Å². The molecule has 0 aliphatic carbocycles. The summed E-state index contributed by atoms with van der Waals surface area (Å²) in [7, 11) is 3.44. The second-order valence-electron chi connectivity index (χ2n) is 12.6. The van der Waals surface area contributed by atoms with E-state index in [0.29, 0.717) is 28.3 Å². The van der Waals surface area contributed by atoms with Crippen molar-refractivity contribution in [1.29, 1.82) is 0 Å². The van der Waals surface area contributed by atoms with Crippen molar-refractivity contribution in [2.75, 3.05) is 76.2 Å². The molecular weight excluding hydrogens is 641 g/mol. The average molecular weight is 685 g/mol. The lowest BCUT2D eigenvalue weighted by molar-refractivity contribution is 0.0188. The molecule has 1 atom stereocenters. The Bertz CT molecular complexity index is 1540. The van der Waals surface area contributed by atoms with E-state index in [1.165, 1.54) is 37.2 Å². The third kappa shape index (κ3) is 6.22. The first-order valence-electron chi connectivity index (χ1n) is 15.1. The number of fused-ring (bicyclic) bond motifs is 1. The summed E-state index contributed by atoms with van der Waals surface area (Å²) in [6.07, 6.45) is 11.6. The fourth-order valence-corrected chi connectivity index (χ4v) is 8.26. The molecular formula is C31H43BrN9O2P. The Morgan fingerprint density at radius 3 is 2.57 bits per heavy atom. The van der Waals surface area contributed by atoms with Gasteiger partial charge in [-0.2, -0.15) is 4.98 Å². The van der Waals surface area contributed by atoms with E-state index in [1.54, 1.807) is 26.6 Å². The Hall–Kier alpha value is -3.05. The number of hydrogen-bond donors (Lipinski definition) is 3. The third-order valence-corrected chi connectivity index (χ3v) is 11.3. The van der Waals surface area contributed by atoms with Crippen LogP contribution in [0.4, 0.5) is 23.1 Å². The van der Waals surface area contributed by atoms with Crippen LogP contribution in [-0.4, -0.2) is 104 Å². The van der Waals surface area contributed by atoms with Crippen LogP contribution in [0.25, 0.3) is 0 Å².